The Morgan fingerprint density at radius 1 is 0.800 bits per heavy atom. The van der Waals surface area contributed by atoms with Crippen LogP contribution in [-0.2, 0) is 0 Å². The SMILES string of the molecule is CSC1=C(SC)SC(=C2c3ccsc3-c3sccc32)S1. The Kier molecular flexibility index (Phi) is 3.81. The van der Waals surface area contributed by atoms with Gasteiger partial charge in [-0.3, -0.25) is 0 Å². The molecule has 0 radical (unpaired) electrons. The first-order chi connectivity index (χ1) is 9.83. The topological polar surface area (TPSA) is 0 Å². The van der Waals surface area contributed by atoms with Crippen LogP contribution in [0.2, 0.25) is 0 Å². The number of hydrogen-bond donors (Lipinski definition) is 0. The fourth-order valence-corrected chi connectivity index (χ4v) is 9.48. The number of rotatable bonds is 2. The number of thioether (sulfide) groups is 4. The van der Waals surface area contributed by atoms with Crippen molar-refractivity contribution >= 4 is 75.3 Å². The quantitative estimate of drug-likeness (QED) is 0.484. The lowest BCUT2D eigenvalue weighted by Crippen LogP contribution is -1.80. The monoisotopic (exact) mass is 370 g/mol. The van der Waals surface area contributed by atoms with Crippen LogP contribution in [0, 0.1) is 0 Å². The molecule has 20 heavy (non-hydrogen) atoms. The maximum Gasteiger partial charge on any atom is 0.0657 e. The first kappa shape index (κ1) is 13.9. The molecule has 102 valence electrons. The second-order valence-electron chi connectivity index (χ2n) is 4.18. The average Bonchev–Trinajstić information content (AvgIpc) is 3.19. The van der Waals surface area contributed by atoms with Crippen molar-refractivity contribution in [1.82, 2.24) is 0 Å². The van der Waals surface area contributed by atoms with E-state index in [9.17, 15) is 0 Å². The Morgan fingerprint density at radius 3 is 1.75 bits per heavy atom. The number of fused-ring (bicyclic) bond motifs is 3. The van der Waals surface area contributed by atoms with Gasteiger partial charge < -0.3 is 0 Å². The lowest BCUT2D eigenvalue weighted by atomic mass is 10.1. The third-order valence-corrected chi connectivity index (χ3v) is 10.4. The summed E-state index contributed by atoms with van der Waals surface area (Å²) in [6, 6.07) is 4.57. The fourth-order valence-electron chi connectivity index (χ4n) is 2.35. The van der Waals surface area contributed by atoms with Crippen molar-refractivity contribution in [2.75, 3.05) is 12.5 Å². The molecule has 4 rings (SSSR count). The van der Waals surface area contributed by atoms with Crippen LogP contribution in [0.15, 0.2) is 35.6 Å². The zero-order valence-corrected chi connectivity index (χ0v) is 15.7. The molecule has 6 heteroatoms. The van der Waals surface area contributed by atoms with Crippen LogP contribution < -0.4 is 0 Å². The molecular formula is C14H10S6. The van der Waals surface area contributed by atoms with Gasteiger partial charge in [0, 0.05) is 16.7 Å². The van der Waals surface area contributed by atoms with E-state index < -0.39 is 0 Å². The van der Waals surface area contributed by atoms with Gasteiger partial charge in [0.15, 0.2) is 0 Å². The summed E-state index contributed by atoms with van der Waals surface area (Å²) in [4.78, 5) is 2.92. The van der Waals surface area contributed by atoms with E-state index in [1.165, 1.54) is 39.2 Å². The van der Waals surface area contributed by atoms with Crippen molar-refractivity contribution in [3.8, 4) is 9.75 Å². The van der Waals surface area contributed by atoms with E-state index in [1.54, 1.807) is 0 Å². The van der Waals surface area contributed by atoms with Gasteiger partial charge in [0.05, 0.1) is 22.5 Å². The fraction of sp³-hybridized carbons (Fsp3) is 0.143. The lowest BCUT2D eigenvalue weighted by molar-refractivity contribution is 1.78. The summed E-state index contributed by atoms with van der Waals surface area (Å²) in [7, 11) is 0. The maximum atomic E-state index is 2.28. The highest BCUT2D eigenvalue weighted by Crippen LogP contribution is 2.62. The molecule has 0 fully saturated rings. The first-order valence-electron chi connectivity index (χ1n) is 5.91. The van der Waals surface area contributed by atoms with Crippen LogP contribution in [0.5, 0.6) is 0 Å². The van der Waals surface area contributed by atoms with E-state index in [-0.39, 0.29) is 0 Å². The molecule has 0 saturated heterocycles. The lowest BCUT2D eigenvalue weighted by Gasteiger charge is -2.04. The third kappa shape index (κ3) is 2.00. The first-order valence-corrected chi connectivity index (χ1v) is 11.8. The van der Waals surface area contributed by atoms with Gasteiger partial charge in [-0.2, -0.15) is 0 Å². The molecule has 0 aromatic carbocycles. The Balaban J connectivity index is 1.87. The molecule has 2 aromatic rings. The van der Waals surface area contributed by atoms with Gasteiger partial charge in [0.1, 0.15) is 0 Å². The van der Waals surface area contributed by atoms with Crippen LogP contribution in [0.1, 0.15) is 11.1 Å². The second-order valence-corrected chi connectivity index (χ2v) is 10.5. The van der Waals surface area contributed by atoms with E-state index in [2.05, 4.69) is 35.4 Å². The normalized spacial score (nSPS) is 17.1. The van der Waals surface area contributed by atoms with Crippen LogP contribution in [-0.4, -0.2) is 12.5 Å². The van der Waals surface area contributed by atoms with E-state index in [1.807, 2.05) is 69.7 Å². The minimum absolute atomic E-state index is 1.44. The van der Waals surface area contributed by atoms with Crippen LogP contribution in [0.4, 0.5) is 0 Å². The predicted molar refractivity (Wildman–Crippen MR) is 103 cm³/mol. The van der Waals surface area contributed by atoms with Gasteiger partial charge in [-0.25, -0.2) is 0 Å². The molecule has 1 aliphatic carbocycles. The van der Waals surface area contributed by atoms with Crippen LogP contribution in [0.25, 0.3) is 15.3 Å². The van der Waals surface area contributed by atoms with Crippen LogP contribution >= 0.6 is 69.7 Å². The van der Waals surface area contributed by atoms with Crippen molar-refractivity contribution in [2.24, 2.45) is 0 Å². The molecule has 0 bridgehead atoms. The van der Waals surface area contributed by atoms with Gasteiger partial charge in [0.2, 0.25) is 0 Å². The molecule has 0 amide bonds. The molecule has 3 heterocycles. The van der Waals surface area contributed by atoms with E-state index in [0.29, 0.717) is 0 Å². The van der Waals surface area contributed by atoms with Gasteiger partial charge in [0.25, 0.3) is 0 Å². The summed E-state index contributed by atoms with van der Waals surface area (Å²) in [5.41, 5.74) is 4.34. The molecule has 0 atom stereocenters. The summed E-state index contributed by atoms with van der Waals surface area (Å²) in [6.45, 7) is 0. The predicted octanol–water partition coefficient (Wildman–Crippen LogP) is 6.84. The number of hydrogen-bond acceptors (Lipinski definition) is 6. The largest absolute Gasteiger partial charge is 0.142 e. The molecule has 0 N–H and O–H groups in total. The molecular weight excluding hydrogens is 361 g/mol. The van der Waals surface area contributed by atoms with Crippen molar-refractivity contribution in [2.45, 2.75) is 0 Å². The summed E-state index contributed by atoms with van der Waals surface area (Å²) < 4.78 is 4.35. The minimum atomic E-state index is 1.44. The molecule has 1 aliphatic heterocycles. The minimum Gasteiger partial charge on any atom is -0.142 e. The number of thiophene rings is 2. The summed E-state index contributed by atoms with van der Waals surface area (Å²) in [6.07, 6.45) is 4.35. The summed E-state index contributed by atoms with van der Waals surface area (Å²) in [5.74, 6) is 0. The van der Waals surface area contributed by atoms with Gasteiger partial charge >= 0.3 is 0 Å². The Morgan fingerprint density at radius 2 is 1.30 bits per heavy atom. The van der Waals surface area contributed by atoms with Crippen molar-refractivity contribution in [3.63, 3.8) is 0 Å². The van der Waals surface area contributed by atoms with Gasteiger partial charge in [-0.1, -0.05) is 23.5 Å². The highest BCUT2D eigenvalue weighted by molar-refractivity contribution is 8.40. The molecule has 2 aromatic heterocycles. The highest BCUT2D eigenvalue weighted by atomic mass is 32.3. The smallest absolute Gasteiger partial charge is 0.0657 e. The van der Waals surface area contributed by atoms with E-state index >= 15 is 0 Å². The molecule has 0 saturated carbocycles. The second kappa shape index (κ2) is 5.48. The average molecular weight is 371 g/mol. The molecule has 2 aliphatic rings. The Hall–Kier alpha value is 0.280. The van der Waals surface area contributed by atoms with Crippen molar-refractivity contribution in [3.05, 3.63) is 46.7 Å². The highest BCUT2D eigenvalue weighted by Gasteiger charge is 2.32. The third-order valence-electron chi connectivity index (χ3n) is 3.19. The summed E-state index contributed by atoms with van der Waals surface area (Å²) in [5, 5.41) is 4.44. The Bertz CT molecular complexity index is 685. The van der Waals surface area contributed by atoms with Crippen molar-refractivity contribution in [1.29, 1.82) is 0 Å². The Labute approximate surface area is 143 Å². The van der Waals surface area contributed by atoms with Crippen molar-refractivity contribution < 1.29 is 0 Å². The summed E-state index contributed by atoms with van der Waals surface area (Å²) >= 11 is 11.4. The molecule has 0 spiro atoms. The van der Waals surface area contributed by atoms with Gasteiger partial charge in [-0.05, 0) is 35.4 Å². The zero-order valence-electron chi connectivity index (χ0n) is 10.8. The van der Waals surface area contributed by atoms with Gasteiger partial charge in [-0.15, -0.1) is 46.2 Å². The maximum absolute atomic E-state index is 2.28. The molecule has 0 unspecified atom stereocenters. The van der Waals surface area contributed by atoms with E-state index in [4.69, 9.17) is 0 Å². The standard InChI is InChI=1S/C14H10S6/c1-15-13-14(16-2)20-12(19-13)9-7-3-5-17-10(7)11-8(9)4-6-18-11/h3-6H,1-2H3. The molecule has 0 nitrogen and oxygen atoms in total. The van der Waals surface area contributed by atoms with E-state index in [0.717, 1.165) is 0 Å². The van der Waals surface area contributed by atoms with Crippen LogP contribution in [0.3, 0.4) is 0 Å². The zero-order chi connectivity index (χ0) is 13.7.